The molecule has 2 aliphatic heterocycles. The van der Waals surface area contributed by atoms with Crippen LogP contribution in [0.5, 0.6) is 5.75 Å². The molecule has 6 nitrogen and oxygen atoms in total. The Morgan fingerprint density at radius 1 is 1.12 bits per heavy atom. The molecule has 130 valence electrons. The third-order valence-corrected chi connectivity index (χ3v) is 6.33. The topological polar surface area (TPSA) is 75.7 Å². The highest BCUT2D eigenvalue weighted by atomic mass is 32.2. The van der Waals surface area contributed by atoms with Crippen LogP contribution in [-0.2, 0) is 21.2 Å². The quantitative estimate of drug-likeness (QED) is 0.912. The van der Waals surface area contributed by atoms with Crippen LogP contribution in [-0.4, -0.2) is 32.7 Å². The van der Waals surface area contributed by atoms with Crippen molar-refractivity contribution in [2.75, 3.05) is 21.9 Å². The van der Waals surface area contributed by atoms with Crippen LogP contribution in [0.3, 0.4) is 0 Å². The highest BCUT2D eigenvalue weighted by molar-refractivity contribution is 7.93. The number of hydrogen-bond donors (Lipinski definition) is 1. The van der Waals surface area contributed by atoms with Crippen LogP contribution in [0, 0.1) is 0 Å². The zero-order valence-corrected chi connectivity index (χ0v) is 14.3. The van der Waals surface area contributed by atoms with Crippen molar-refractivity contribution in [2.45, 2.75) is 18.9 Å². The first-order valence-corrected chi connectivity index (χ1v) is 9.80. The van der Waals surface area contributed by atoms with Gasteiger partial charge in [0.15, 0.2) is 6.10 Å². The number of carbonyl (C=O) groups is 1. The highest BCUT2D eigenvalue weighted by Crippen LogP contribution is 2.29. The maximum atomic E-state index is 12.4. The molecule has 1 fully saturated rings. The van der Waals surface area contributed by atoms with Crippen molar-refractivity contribution < 1.29 is 17.9 Å². The van der Waals surface area contributed by atoms with E-state index in [0.29, 0.717) is 30.8 Å². The molecule has 2 aliphatic rings. The number of amides is 1. The minimum Gasteiger partial charge on any atom is -0.480 e. The molecule has 0 unspecified atom stereocenters. The number of rotatable bonds is 3. The van der Waals surface area contributed by atoms with Gasteiger partial charge in [0.25, 0.3) is 5.91 Å². The smallest absolute Gasteiger partial charge is 0.265 e. The lowest BCUT2D eigenvalue weighted by atomic mass is 10.1. The maximum absolute atomic E-state index is 12.4. The minimum atomic E-state index is -3.19. The molecule has 1 atom stereocenters. The standard InChI is InChI=1S/C18H18N2O4S/c21-18(17-12-13-4-1-2-5-16(13)24-17)19-14-6-8-15(9-7-14)20-10-3-11-25(20,22)23/h1-2,4-9,17H,3,10-12H2,(H,19,21)/t17-/m1/s1. The number of anilines is 2. The van der Waals surface area contributed by atoms with Crippen LogP contribution in [0.1, 0.15) is 12.0 Å². The fraction of sp³-hybridized carbons (Fsp3) is 0.278. The summed E-state index contributed by atoms with van der Waals surface area (Å²) in [6.07, 6.45) is 0.642. The van der Waals surface area contributed by atoms with Gasteiger partial charge in [-0.3, -0.25) is 9.10 Å². The molecular weight excluding hydrogens is 340 g/mol. The number of hydrogen-bond acceptors (Lipinski definition) is 4. The van der Waals surface area contributed by atoms with E-state index in [0.717, 1.165) is 11.3 Å². The zero-order chi connectivity index (χ0) is 17.4. The molecule has 1 saturated heterocycles. The Kier molecular flexibility index (Phi) is 3.88. The van der Waals surface area contributed by atoms with E-state index in [1.807, 2.05) is 24.3 Å². The largest absolute Gasteiger partial charge is 0.480 e. The van der Waals surface area contributed by atoms with Gasteiger partial charge in [0.05, 0.1) is 11.4 Å². The van der Waals surface area contributed by atoms with Gasteiger partial charge in [0.2, 0.25) is 10.0 Å². The molecular formula is C18H18N2O4S. The molecule has 1 amide bonds. The van der Waals surface area contributed by atoms with Crippen molar-refractivity contribution in [1.82, 2.24) is 0 Å². The van der Waals surface area contributed by atoms with Gasteiger partial charge >= 0.3 is 0 Å². The van der Waals surface area contributed by atoms with Crippen molar-refractivity contribution in [2.24, 2.45) is 0 Å². The van der Waals surface area contributed by atoms with Gasteiger partial charge in [-0.1, -0.05) is 18.2 Å². The molecule has 2 aromatic rings. The SMILES string of the molecule is O=C(Nc1ccc(N2CCCS2(=O)=O)cc1)[C@H]1Cc2ccccc2O1. The lowest BCUT2D eigenvalue weighted by Gasteiger charge is -2.17. The molecule has 2 heterocycles. The second-order valence-corrected chi connectivity index (χ2v) is 8.21. The van der Waals surface area contributed by atoms with Gasteiger partial charge in [-0.15, -0.1) is 0 Å². The van der Waals surface area contributed by atoms with Gasteiger partial charge in [-0.2, -0.15) is 0 Å². The molecule has 0 aromatic heterocycles. The van der Waals surface area contributed by atoms with Gasteiger partial charge < -0.3 is 10.1 Å². The summed E-state index contributed by atoms with van der Waals surface area (Å²) in [4.78, 5) is 12.4. The summed E-state index contributed by atoms with van der Waals surface area (Å²) in [5.74, 6) is 0.723. The number of ether oxygens (including phenoxy) is 1. The van der Waals surface area contributed by atoms with E-state index in [9.17, 15) is 13.2 Å². The number of nitrogens with one attached hydrogen (secondary N) is 1. The Hall–Kier alpha value is -2.54. The lowest BCUT2D eigenvalue weighted by molar-refractivity contribution is -0.122. The zero-order valence-electron chi connectivity index (χ0n) is 13.5. The Bertz CT molecular complexity index is 884. The summed E-state index contributed by atoms with van der Waals surface area (Å²) in [7, 11) is -3.19. The summed E-state index contributed by atoms with van der Waals surface area (Å²) in [5, 5.41) is 2.83. The molecule has 4 rings (SSSR count). The third kappa shape index (κ3) is 3.07. The summed E-state index contributed by atoms with van der Waals surface area (Å²) in [5.41, 5.74) is 2.27. The van der Waals surface area contributed by atoms with E-state index in [2.05, 4.69) is 5.32 Å². The Morgan fingerprint density at radius 2 is 1.88 bits per heavy atom. The molecule has 0 radical (unpaired) electrons. The van der Waals surface area contributed by atoms with Crippen LogP contribution >= 0.6 is 0 Å². The average molecular weight is 358 g/mol. The first-order valence-electron chi connectivity index (χ1n) is 8.19. The summed E-state index contributed by atoms with van der Waals surface area (Å²) < 4.78 is 31.0. The molecule has 1 N–H and O–H groups in total. The van der Waals surface area contributed by atoms with Crippen LogP contribution < -0.4 is 14.4 Å². The first kappa shape index (κ1) is 16.0. The Morgan fingerprint density at radius 3 is 2.56 bits per heavy atom. The van der Waals surface area contributed by atoms with E-state index >= 15 is 0 Å². The number of para-hydroxylation sites is 1. The predicted molar refractivity (Wildman–Crippen MR) is 95.4 cm³/mol. The van der Waals surface area contributed by atoms with E-state index in [4.69, 9.17) is 4.74 Å². The van der Waals surface area contributed by atoms with Gasteiger partial charge in [-0.05, 0) is 42.3 Å². The number of carbonyl (C=O) groups excluding carboxylic acids is 1. The molecule has 0 spiro atoms. The molecule has 0 bridgehead atoms. The summed E-state index contributed by atoms with van der Waals surface area (Å²) in [6, 6.07) is 14.5. The normalized spacial score (nSPS) is 20.8. The van der Waals surface area contributed by atoms with Gasteiger partial charge in [0, 0.05) is 18.7 Å². The molecule has 2 aromatic carbocycles. The number of fused-ring (bicyclic) bond motifs is 1. The summed E-state index contributed by atoms with van der Waals surface area (Å²) >= 11 is 0. The molecule has 7 heteroatoms. The number of sulfonamides is 1. The second-order valence-electron chi connectivity index (χ2n) is 6.20. The van der Waals surface area contributed by atoms with E-state index < -0.39 is 16.1 Å². The highest BCUT2D eigenvalue weighted by Gasteiger charge is 2.30. The van der Waals surface area contributed by atoms with Crippen molar-refractivity contribution in [3.63, 3.8) is 0 Å². The van der Waals surface area contributed by atoms with Crippen LogP contribution in [0.25, 0.3) is 0 Å². The van der Waals surface area contributed by atoms with E-state index in [-0.39, 0.29) is 11.7 Å². The number of nitrogens with zero attached hydrogens (tertiary/aromatic N) is 1. The third-order valence-electron chi connectivity index (χ3n) is 4.46. The molecule has 0 saturated carbocycles. The van der Waals surface area contributed by atoms with E-state index in [1.165, 1.54) is 4.31 Å². The summed E-state index contributed by atoms with van der Waals surface area (Å²) in [6.45, 7) is 0.502. The first-order chi connectivity index (χ1) is 12.0. The Balaban J connectivity index is 1.43. The van der Waals surface area contributed by atoms with Gasteiger partial charge in [-0.25, -0.2) is 8.42 Å². The molecule has 0 aliphatic carbocycles. The fourth-order valence-electron chi connectivity index (χ4n) is 3.19. The van der Waals surface area contributed by atoms with Crippen molar-refractivity contribution >= 4 is 27.3 Å². The van der Waals surface area contributed by atoms with Crippen molar-refractivity contribution in [3.05, 3.63) is 54.1 Å². The second kappa shape index (κ2) is 6.07. The average Bonchev–Trinajstić information content (AvgIpc) is 3.18. The van der Waals surface area contributed by atoms with Crippen LogP contribution in [0.2, 0.25) is 0 Å². The Labute approximate surface area is 146 Å². The van der Waals surface area contributed by atoms with Crippen LogP contribution in [0.4, 0.5) is 11.4 Å². The van der Waals surface area contributed by atoms with E-state index in [1.54, 1.807) is 24.3 Å². The maximum Gasteiger partial charge on any atom is 0.265 e. The minimum absolute atomic E-state index is 0.186. The number of benzene rings is 2. The van der Waals surface area contributed by atoms with Crippen molar-refractivity contribution in [3.8, 4) is 5.75 Å². The molecule has 25 heavy (non-hydrogen) atoms. The predicted octanol–water partition coefficient (Wildman–Crippen LogP) is 2.17. The lowest BCUT2D eigenvalue weighted by Crippen LogP contribution is -2.31. The monoisotopic (exact) mass is 358 g/mol. The fourth-order valence-corrected chi connectivity index (χ4v) is 4.76. The van der Waals surface area contributed by atoms with Crippen molar-refractivity contribution in [1.29, 1.82) is 0 Å². The van der Waals surface area contributed by atoms with Crippen LogP contribution in [0.15, 0.2) is 48.5 Å². The van der Waals surface area contributed by atoms with Gasteiger partial charge in [0.1, 0.15) is 5.75 Å².